The minimum Gasteiger partial charge on any atom is -0.396 e. The second-order valence-electron chi connectivity index (χ2n) is 9.81. The lowest BCUT2D eigenvalue weighted by Gasteiger charge is -2.22. The Hall–Kier alpha value is -2.44. The average Bonchev–Trinajstić information content (AvgIpc) is 3.55. The molecular weight excluding hydrogens is 480 g/mol. The number of pyridine rings is 1. The molecule has 5 rings (SSSR count). The molecule has 2 aliphatic carbocycles. The number of aromatic nitrogens is 4. The van der Waals surface area contributed by atoms with Crippen LogP contribution >= 0.6 is 11.3 Å². The van der Waals surface area contributed by atoms with E-state index in [1.54, 1.807) is 11.3 Å². The number of nitrogens with one attached hydrogen (secondary N) is 2. The van der Waals surface area contributed by atoms with Gasteiger partial charge in [-0.1, -0.05) is 0 Å². The summed E-state index contributed by atoms with van der Waals surface area (Å²) in [7, 11) is 0. The van der Waals surface area contributed by atoms with E-state index in [1.807, 2.05) is 33.0 Å². The quantitative estimate of drug-likeness (QED) is 0.274. The highest BCUT2D eigenvalue weighted by atomic mass is 32.1. The van der Waals surface area contributed by atoms with E-state index in [9.17, 15) is 15.3 Å². The summed E-state index contributed by atoms with van der Waals surface area (Å²) >= 11 is 1.57. The van der Waals surface area contributed by atoms with Crippen molar-refractivity contribution in [1.82, 2.24) is 19.9 Å². The lowest BCUT2D eigenvalue weighted by atomic mass is 10.1. The molecule has 36 heavy (non-hydrogen) atoms. The van der Waals surface area contributed by atoms with E-state index in [1.165, 1.54) is 0 Å². The van der Waals surface area contributed by atoms with Crippen molar-refractivity contribution in [3.63, 3.8) is 0 Å². The number of hydrogen-bond donors (Lipinski definition) is 5. The Morgan fingerprint density at radius 3 is 2.69 bits per heavy atom. The minimum absolute atomic E-state index is 0.00432. The van der Waals surface area contributed by atoms with Crippen LogP contribution < -0.4 is 10.6 Å². The normalized spacial score (nSPS) is 24.8. The van der Waals surface area contributed by atoms with Gasteiger partial charge in [-0.2, -0.15) is 4.98 Å². The molecule has 2 fully saturated rings. The molecule has 0 spiro atoms. The van der Waals surface area contributed by atoms with Crippen LogP contribution in [0.5, 0.6) is 0 Å². The van der Waals surface area contributed by atoms with Gasteiger partial charge in [0, 0.05) is 37.3 Å². The summed E-state index contributed by atoms with van der Waals surface area (Å²) in [6.45, 7) is 6.82. The first-order chi connectivity index (χ1) is 17.4. The first-order valence-electron chi connectivity index (χ1n) is 12.6. The molecule has 0 aromatic carbocycles. The number of aliphatic hydroxyl groups is 3. The molecule has 5 N–H and O–H groups in total. The van der Waals surface area contributed by atoms with Gasteiger partial charge in [0.15, 0.2) is 0 Å². The van der Waals surface area contributed by atoms with Gasteiger partial charge in [0.1, 0.15) is 22.4 Å². The predicted molar refractivity (Wildman–Crippen MR) is 139 cm³/mol. The second kappa shape index (κ2) is 10.5. The average molecular weight is 515 g/mol. The molecule has 0 amide bonds. The lowest BCUT2D eigenvalue weighted by molar-refractivity contribution is 0.00446. The Morgan fingerprint density at radius 1 is 1.19 bits per heavy atom. The molecule has 0 aliphatic heterocycles. The summed E-state index contributed by atoms with van der Waals surface area (Å²) in [5.41, 5.74) is 3.47. The third-order valence-electron chi connectivity index (χ3n) is 6.91. The van der Waals surface area contributed by atoms with Crippen molar-refractivity contribution in [3.8, 4) is 10.6 Å². The largest absolute Gasteiger partial charge is 0.396 e. The molecule has 0 saturated heterocycles. The van der Waals surface area contributed by atoms with E-state index < -0.39 is 24.2 Å². The molecular formula is C25H34N6O4S. The van der Waals surface area contributed by atoms with Crippen molar-refractivity contribution in [1.29, 1.82) is 0 Å². The maximum absolute atomic E-state index is 10.7. The van der Waals surface area contributed by atoms with E-state index >= 15 is 0 Å². The zero-order valence-electron chi connectivity index (χ0n) is 20.8. The van der Waals surface area contributed by atoms with Crippen molar-refractivity contribution in [2.45, 2.75) is 70.2 Å². The van der Waals surface area contributed by atoms with Crippen molar-refractivity contribution in [2.24, 2.45) is 5.92 Å². The maximum atomic E-state index is 10.7. The Bertz CT molecular complexity index is 1220. The molecule has 2 aliphatic rings. The molecule has 10 nitrogen and oxygen atoms in total. The van der Waals surface area contributed by atoms with Crippen LogP contribution in [0.2, 0.25) is 0 Å². The number of aliphatic hydroxyl groups excluding tert-OH is 3. The van der Waals surface area contributed by atoms with Gasteiger partial charge in [0.05, 0.1) is 40.4 Å². The van der Waals surface area contributed by atoms with Crippen LogP contribution in [0.1, 0.15) is 50.4 Å². The number of aryl methyl sites for hydroxylation is 1. The number of nitrogens with zero attached hydrogens (tertiary/aromatic N) is 4. The molecule has 0 bridgehead atoms. The summed E-state index contributed by atoms with van der Waals surface area (Å²) in [6.07, 6.45) is 2.51. The fourth-order valence-corrected chi connectivity index (χ4v) is 5.88. The van der Waals surface area contributed by atoms with E-state index in [4.69, 9.17) is 19.7 Å². The zero-order valence-corrected chi connectivity index (χ0v) is 21.6. The SMILES string of the molecule is CCOCC(C)Nc1nc(C)c(-c2nc3c(C4CC4)nccc3s2)c(NC2CC(CO)C(O)C2O)n1. The summed E-state index contributed by atoms with van der Waals surface area (Å²) in [5.74, 6) is 1.05. The molecule has 5 unspecified atom stereocenters. The first kappa shape index (κ1) is 25.2. The number of hydrogen-bond acceptors (Lipinski definition) is 11. The van der Waals surface area contributed by atoms with Gasteiger partial charge in [0.2, 0.25) is 5.95 Å². The minimum atomic E-state index is -1.03. The Kier molecular flexibility index (Phi) is 7.36. The van der Waals surface area contributed by atoms with E-state index in [2.05, 4.69) is 15.6 Å². The Morgan fingerprint density at radius 2 is 2.00 bits per heavy atom. The van der Waals surface area contributed by atoms with Crippen LogP contribution in [-0.4, -0.2) is 79.4 Å². The first-order valence-corrected chi connectivity index (χ1v) is 13.4. The summed E-state index contributed by atoms with van der Waals surface area (Å²) in [4.78, 5) is 19.1. The van der Waals surface area contributed by atoms with Crippen LogP contribution in [0.4, 0.5) is 11.8 Å². The lowest BCUT2D eigenvalue weighted by Crippen LogP contribution is -2.36. The van der Waals surface area contributed by atoms with E-state index in [0.29, 0.717) is 37.3 Å². The molecule has 2 saturated carbocycles. The highest BCUT2D eigenvalue weighted by Gasteiger charge is 2.41. The van der Waals surface area contributed by atoms with Gasteiger partial charge in [-0.25, -0.2) is 9.97 Å². The van der Waals surface area contributed by atoms with Gasteiger partial charge in [0.25, 0.3) is 0 Å². The van der Waals surface area contributed by atoms with Crippen molar-refractivity contribution in [3.05, 3.63) is 23.7 Å². The highest BCUT2D eigenvalue weighted by molar-refractivity contribution is 7.21. The van der Waals surface area contributed by atoms with Crippen molar-refractivity contribution in [2.75, 3.05) is 30.5 Å². The topological polar surface area (TPSA) is 146 Å². The van der Waals surface area contributed by atoms with E-state index in [-0.39, 0.29) is 12.6 Å². The number of thiazole rings is 1. The molecule has 11 heteroatoms. The molecule has 5 atom stereocenters. The highest BCUT2D eigenvalue weighted by Crippen LogP contribution is 2.44. The van der Waals surface area contributed by atoms with Gasteiger partial charge in [-0.05, 0) is 46.1 Å². The number of anilines is 2. The summed E-state index contributed by atoms with van der Waals surface area (Å²) in [6, 6.07) is 1.51. The van der Waals surface area contributed by atoms with Crippen LogP contribution in [-0.2, 0) is 4.74 Å². The van der Waals surface area contributed by atoms with Gasteiger partial charge in [-0.15, -0.1) is 11.3 Å². The third kappa shape index (κ3) is 5.03. The third-order valence-corrected chi connectivity index (χ3v) is 7.95. The molecule has 3 aromatic rings. The van der Waals surface area contributed by atoms with Crippen molar-refractivity contribution >= 4 is 33.3 Å². The standard InChI is InChI=1S/C25H34N6O4S/c1-4-35-11-12(2)27-25-28-13(3)18(23(31-25)29-16-9-15(10-32)21(33)22(16)34)24-30-20-17(36-24)7-8-26-19(20)14-5-6-14/h7-8,12,14-16,21-22,32-34H,4-6,9-11H2,1-3H3,(H2,27,28,29,31). The zero-order chi connectivity index (χ0) is 25.4. The van der Waals surface area contributed by atoms with Gasteiger partial charge >= 0.3 is 0 Å². The summed E-state index contributed by atoms with van der Waals surface area (Å²) < 4.78 is 6.58. The van der Waals surface area contributed by atoms with Crippen LogP contribution in [0.25, 0.3) is 20.8 Å². The van der Waals surface area contributed by atoms with Crippen LogP contribution in [0, 0.1) is 12.8 Å². The number of rotatable bonds is 10. The molecule has 0 radical (unpaired) electrons. The number of ether oxygens (including phenoxy) is 1. The smallest absolute Gasteiger partial charge is 0.225 e. The van der Waals surface area contributed by atoms with Crippen LogP contribution in [0.15, 0.2) is 12.3 Å². The monoisotopic (exact) mass is 514 g/mol. The number of fused-ring (bicyclic) bond motifs is 1. The fourth-order valence-electron chi connectivity index (χ4n) is 4.82. The fraction of sp³-hybridized carbons (Fsp3) is 0.600. The predicted octanol–water partition coefficient (Wildman–Crippen LogP) is 2.69. The second-order valence-corrected chi connectivity index (χ2v) is 10.8. The Balaban J connectivity index is 1.53. The van der Waals surface area contributed by atoms with Crippen molar-refractivity contribution < 1.29 is 20.1 Å². The van der Waals surface area contributed by atoms with E-state index in [0.717, 1.165) is 45.0 Å². The molecule has 3 aromatic heterocycles. The Labute approximate surface area is 214 Å². The van der Waals surface area contributed by atoms with Crippen LogP contribution in [0.3, 0.4) is 0 Å². The summed E-state index contributed by atoms with van der Waals surface area (Å²) in [5, 5.41) is 38.1. The molecule has 194 valence electrons. The van der Waals surface area contributed by atoms with Gasteiger partial charge < -0.3 is 30.7 Å². The maximum Gasteiger partial charge on any atom is 0.225 e. The van der Waals surface area contributed by atoms with Gasteiger partial charge in [-0.3, -0.25) is 4.98 Å². The molecule has 3 heterocycles.